The fourth-order valence-electron chi connectivity index (χ4n) is 2.75. The van der Waals surface area contributed by atoms with E-state index in [2.05, 4.69) is 0 Å². The quantitative estimate of drug-likeness (QED) is 0.428. The van der Waals surface area contributed by atoms with Crippen molar-refractivity contribution in [1.29, 1.82) is 0 Å². The van der Waals surface area contributed by atoms with Crippen LogP contribution in [0.4, 0.5) is 0 Å². The summed E-state index contributed by atoms with van der Waals surface area (Å²) in [6, 6.07) is 15.7. The lowest BCUT2D eigenvalue weighted by Crippen LogP contribution is -2.28. The van der Waals surface area contributed by atoms with Crippen LogP contribution in [-0.4, -0.2) is 0 Å². The molecule has 0 aliphatic heterocycles. The summed E-state index contributed by atoms with van der Waals surface area (Å²) < 4.78 is 0. The number of nitrogens with two attached hydrogens (primary N) is 4. The summed E-state index contributed by atoms with van der Waals surface area (Å²) in [5.74, 6) is 0.582. The van der Waals surface area contributed by atoms with E-state index in [0.29, 0.717) is 11.6 Å². The van der Waals surface area contributed by atoms with Crippen molar-refractivity contribution in [3.63, 3.8) is 0 Å². The highest BCUT2D eigenvalue weighted by atomic mass is 14.8. The van der Waals surface area contributed by atoms with E-state index in [-0.39, 0.29) is 0 Å². The molecule has 3 aromatic rings. The summed E-state index contributed by atoms with van der Waals surface area (Å²) in [7, 11) is 0. The molecule has 0 fully saturated rings. The van der Waals surface area contributed by atoms with Gasteiger partial charge in [-0.05, 0) is 21.5 Å². The third kappa shape index (κ3) is 1.62. The molecule has 3 rings (SSSR count). The molecule has 0 atom stereocenters. The van der Waals surface area contributed by atoms with E-state index in [1.807, 2.05) is 48.5 Å². The van der Waals surface area contributed by atoms with Crippen molar-refractivity contribution in [1.82, 2.24) is 0 Å². The van der Waals surface area contributed by atoms with Crippen LogP contribution in [0, 0.1) is 0 Å². The summed E-state index contributed by atoms with van der Waals surface area (Å²) in [4.78, 5) is 0. The van der Waals surface area contributed by atoms with Gasteiger partial charge in [-0.2, -0.15) is 0 Å². The molecule has 8 N–H and O–H groups in total. The maximum Gasteiger partial charge on any atom is 0.102 e. The standard InChI is InChI=1S/C16H16N4/c17-15(18)13-9-5-1-2-6-10(9)14(16(19)20)12-8-4-3-7-11(12)13/h1-8H,17-20H2. The van der Waals surface area contributed by atoms with Gasteiger partial charge in [0, 0.05) is 10.4 Å². The second-order valence-electron chi connectivity index (χ2n) is 4.75. The van der Waals surface area contributed by atoms with Gasteiger partial charge < -0.3 is 22.9 Å². The minimum absolute atomic E-state index is 0.291. The summed E-state index contributed by atoms with van der Waals surface area (Å²) in [6.45, 7) is 0. The molecule has 0 heterocycles. The minimum Gasteiger partial charge on any atom is -0.385 e. The van der Waals surface area contributed by atoms with E-state index < -0.39 is 0 Å². The first-order chi connectivity index (χ1) is 9.61. The Morgan fingerprint density at radius 2 is 0.750 bits per heavy atom. The summed E-state index contributed by atoms with van der Waals surface area (Å²) >= 11 is 0. The van der Waals surface area contributed by atoms with Gasteiger partial charge in [-0.1, -0.05) is 48.5 Å². The number of hydrogen-bond acceptors (Lipinski definition) is 4. The number of benzene rings is 3. The van der Waals surface area contributed by atoms with Gasteiger partial charge in [0.1, 0.15) is 11.6 Å². The summed E-state index contributed by atoms with van der Waals surface area (Å²) in [5.41, 5.74) is 23.6. The zero-order valence-electron chi connectivity index (χ0n) is 10.9. The smallest absolute Gasteiger partial charge is 0.102 e. The third-order valence-corrected chi connectivity index (χ3v) is 3.51. The van der Waals surface area contributed by atoms with E-state index in [0.717, 1.165) is 32.0 Å². The molecular formula is C16H16N4. The molecule has 100 valence electrons. The molecule has 0 radical (unpaired) electrons. The van der Waals surface area contributed by atoms with Gasteiger partial charge in [0.2, 0.25) is 0 Å². The largest absolute Gasteiger partial charge is 0.385 e. The van der Waals surface area contributed by atoms with E-state index >= 15 is 0 Å². The maximum atomic E-state index is 5.90. The van der Waals surface area contributed by atoms with Crippen molar-refractivity contribution in [2.75, 3.05) is 0 Å². The van der Waals surface area contributed by atoms with E-state index in [4.69, 9.17) is 22.9 Å². The Morgan fingerprint density at radius 1 is 0.500 bits per heavy atom. The Kier molecular flexibility index (Phi) is 2.64. The molecule has 0 bridgehead atoms. The fraction of sp³-hybridized carbons (Fsp3) is 0. The third-order valence-electron chi connectivity index (χ3n) is 3.51. The Hall–Kier alpha value is -2.88. The van der Waals surface area contributed by atoms with Gasteiger partial charge in [0.15, 0.2) is 0 Å². The van der Waals surface area contributed by atoms with Crippen molar-refractivity contribution in [2.24, 2.45) is 22.9 Å². The van der Waals surface area contributed by atoms with Gasteiger partial charge in [-0.3, -0.25) is 0 Å². The average Bonchev–Trinajstić information content (AvgIpc) is 2.43. The first-order valence-electron chi connectivity index (χ1n) is 6.31. The predicted octanol–water partition coefficient (Wildman–Crippen LogP) is -0.0408. The number of rotatable bonds is 0. The van der Waals surface area contributed by atoms with E-state index in [1.165, 1.54) is 0 Å². The highest BCUT2D eigenvalue weighted by molar-refractivity contribution is 6.01. The highest BCUT2D eigenvalue weighted by Gasteiger charge is 2.07. The molecule has 4 nitrogen and oxygen atoms in total. The van der Waals surface area contributed by atoms with Crippen LogP contribution in [-0.2, 0) is 0 Å². The van der Waals surface area contributed by atoms with Crippen LogP contribution < -0.4 is 33.4 Å². The molecule has 0 spiro atoms. The van der Waals surface area contributed by atoms with Crippen molar-refractivity contribution >= 4 is 33.2 Å². The Balaban J connectivity index is 2.88. The zero-order valence-corrected chi connectivity index (χ0v) is 10.9. The topological polar surface area (TPSA) is 104 Å². The highest BCUT2D eigenvalue weighted by Crippen LogP contribution is 2.13. The van der Waals surface area contributed by atoms with Gasteiger partial charge >= 0.3 is 0 Å². The maximum absolute atomic E-state index is 5.90. The van der Waals surface area contributed by atoms with E-state index in [9.17, 15) is 0 Å². The molecular weight excluding hydrogens is 248 g/mol. The monoisotopic (exact) mass is 264 g/mol. The molecule has 20 heavy (non-hydrogen) atoms. The lowest BCUT2D eigenvalue weighted by atomic mass is 9.97. The number of hydrogen-bond donors (Lipinski definition) is 4. The molecule has 3 aromatic carbocycles. The van der Waals surface area contributed by atoms with Gasteiger partial charge in [-0.15, -0.1) is 0 Å². The second kappa shape index (κ2) is 4.35. The van der Waals surface area contributed by atoms with Crippen LogP contribution in [0.15, 0.2) is 48.5 Å². The Morgan fingerprint density at radius 3 is 0.950 bits per heavy atom. The zero-order chi connectivity index (χ0) is 14.3. The molecule has 0 saturated heterocycles. The van der Waals surface area contributed by atoms with Crippen LogP contribution in [0.5, 0.6) is 0 Å². The van der Waals surface area contributed by atoms with Crippen LogP contribution in [0.25, 0.3) is 33.2 Å². The predicted molar refractivity (Wildman–Crippen MR) is 84.3 cm³/mol. The fourth-order valence-corrected chi connectivity index (χ4v) is 2.75. The molecule has 0 unspecified atom stereocenters. The molecule has 4 heteroatoms. The Bertz CT molecular complexity index is 793. The van der Waals surface area contributed by atoms with Crippen LogP contribution in [0.1, 0.15) is 0 Å². The van der Waals surface area contributed by atoms with Gasteiger partial charge in [-0.25, -0.2) is 0 Å². The molecule has 0 aliphatic carbocycles. The average molecular weight is 264 g/mol. The second-order valence-corrected chi connectivity index (χ2v) is 4.75. The number of fused-ring (bicyclic) bond motifs is 2. The van der Waals surface area contributed by atoms with Crippen molar-refractivity contribution in [2.45, 2.75) is 0 Å². The van der Waals surface area contributed by atoms with Crippen LogP contribution >= 0.6 is 0 Å². The van der Waals surface area contributed by atoms with Gasteiger partial charge in [0.25, 0.3) is 0 Å². The molecule has 0 aliphatic rings. The van der Waals surface area contributed by atoms with E-state index in [1.54, 1.807) is 0 Å². The first-order valence-corrected chi connectivity index (χ1v) is 6.31. The molecule has 0 aromatic heterocycles. The lowest BCUT2D eigenvalue weighted by Gasteiger charge is -2.09. The van der Waals surface area contributed by atoms with Crippen molar-refractivity contribution < 1.29 is 0 Å². The lowest BCUT2D eigenvalue weighted by molar-refractivity contribution is 1.41. The van der Waals surface area contributed by atoms with Gasteiger partial charge in [0.05, 0.1) is 0 Å². The Labute approximate surface area is 116 Å². The first kappa shape index (κ1) is 12.2. The van der Waals surface area contributed by atoms with Crippen molar-refractivity contribution in [3.05, 3.63) is 59.0 Å². The van der Waals surface area contributed by atoms with Crippen LogP contribution in [0.2, 0.25) is 0 Å². The normalized spacial score (nSPS) is 10.8. The molecule has 0 amide bonds. The SMILES string of the molecule is NC(N)=c1c2ccccc2c(=C(N)N)c2ccccc12. The van der Waals surface area contributed by atoms with Crippen LogP contribution in [0.3, 0.4) is 0 Å². The molecule has 0 saturated carbocycles. The van der Waals surface area contributed by atoms with Crippen molar-refractivity contribution in [3.8, 4) is 0 Å². The summed E-state index contributed by atoms with van der Waals surface area (Å²) in [6.07, 6.45) is 0. The minimum atomic E-state index is 0.291. The summed E-state index contributed by atoms with van der Waals surface area (Å²) in [5, 5.41) is 5.48.